The molecule has 0 aliphatic heterocycles. The van der Waals surface area contributed by atoms with Crippen LogP contribution in [0, 0.1) is 0 Å². The van der Waals surface area contributed by atoms with Gasteiger partial charge in [0.05, 0.1) is 16.8 Å². The molecule has 86 valence electrons. The number of nitrogens with zero attached hydrogens (tertiary/aromatic N) is 1. The third-order valence-electron chi connectivity index (χ3n) is 2.23. The Labute approximate surface area is 107 Å². The molecule has 0 bridgehead atoms. The lowest BCUT2D eigenvalue weighted by Gasteiger charge is -2.07. The fourth-order valence-corrected chi connectivity index (χ4v) is 2.87. The Balaban J connectivity index is 2.19. The van der Waals surface area contributed by atoms with Crippen LogP contribution in [0.4, 0.5) is 0 Å². The van der Waals surface area contributed by atoms with E-state index in [4.69, 9.17) is 0 Å². The molecule has 0 unspecified atom stereocenters. The van der Waals surface area contributed by atoms with E-state index in [-0.39, 0.29) is 0 Å². The van der Waals surface area contributed by atoms with Gasteiger partial charge in [0.15, 0.2) is 0 Å². The number of aromatic nitrogens is 2. The first-order chi connectivity index (χ1) is 7.66. The van der Waals surface area contributed by atoms with E-state index in [1.165, 1.54) is 10.4 Å². The molecule has 2 rings (SSSR count). The van der Waals surface area contributed by atoms with Gasteiger partial charge in [0.25, 0.3) is 0 Å². The fourth-order valence-electron chi connectivity index (χ4n) is 1.42. The van der Waals surface area contributed by atoms with Crippen LogP contribution in [0.3, 0.4) is 0 Å². The van der Waals surface area contributed by atoms with Crippen molar-refractivity contribution >= 4 is 27.3 Å². The Bertz CT molecular complexity index is 461. The molecule has 0 saturated heterocycles. The molecule has 0 amide bonds. The maximum Gasteiger partial charge on any atom is 0.0795 e. The number of hydrogen-bond acceptors (Lipinski definition) is 3. The maximum absolute atomic E-state index is 4.11. The van der Waals surface area contributed by atoms with Crippen molar-refractivity contribution in [1.29, 1.82) is 0 Å². The molecule has 2 heterocycles. The van der Waals surface area contributed by atoms with Gasteiger partial charge in [-0.1, -0.05) is 13.8 Å². The second kappa shape index (κ2) is 5.12. The summed E-state index contributed by atoms with van der Waals surface area (Å²) >= 11 is 5.17. The van der Waals surface area contributed by atoms with Crippen molar-refractivity contribution in [3.63, 3.8) is 0 Å². The average molecular weight is 300 g/mol. The molecule has 3 nitrogen and oxygen atoms in total. The highest BCUT2D eigenvalue weighted by Crippen LogP contribution is 2.30. The van der Waals surface area contributed by atoms with E-state index in [0.29, 0.717) is 6.04 Å². The largest absolute Gasteiger partial charge is 0.310 e. The van der Waals surface area contributed by atoms with Crippen LogP contribution in [0.15, 0.2) is 22.1 Å². The van der Waals surface area contributed by atoms with Crippen molar-refractivity contribution in [3.8, 4) is 10.6 Å². The number of rotatable bonds is 4. The summed E-state index contributed by atoms with van der Waals surface area (Å²) in [7, 11) is 0. The van der Waals surface area contributed by atoms with E-state index in [1.54, 1.807) is 11.3 Å². The van der Waals surface area contributed by atoms with Crippen LogP contribution in [0.1, 0.15) is 19.4 Å². The highest BCUT2D eigenvalue weighted by molar-refractivity contribution is 9.10. The second-order valence-corrected chi connectivity index (χ2v) is 5.76. The summed E-state index contributed by atoms with van der Waals surface area (Å²) in [6.07, 6.45) is 1.89. The molecule has 16 heavy (non-hydrogen) atoms. The summed E-state index contributed by atoms with van der Waals surface area (Å²) in [5.74, 6) is 0. The van der Waals surface area contributed by atoms with Crippen LogP contribution < -0.4 is 5.32 Å². The van der Waals surface area contributed by atoms with Crippen molar-refractivity contribution in [2.75, 3.05) is 0 Å². The summed E-state index contributed by atoms with van der Waals surface area (Å²) in [6, 6.07) is 2.59. The van der Waals surface area contributed by atoms with Crippen LogP contribution in [-0.4, -0.2) is 16.2 Å². The summed E-state index contributed by atoms with van der Waals surface area (Å²) < 4.78 is 1.12. The number of H-pyrrole nitrogens is 1. The van der Waals surface area contributed by atoms with Gasteiger partial charge in [-0.3, -0.25) is 5.10 Å². The van der Waals surface area contributed by atoms with E-state index in [0.717, 1.165) is 16.7 Å². The first kappa shape index (κ1) is 11.8. The predicted octanol–water partition coefficient (Wildman–Crippen LogP) is 3.40. The zero-order chi connectivity index (χ0) is 11.5. The minimum absolute atomic E-state index is 0.484. The van der Waals surface area contributed by atoms with Gasteiger partial charge >= 0.3 is 0 Å². The van der Waals surface area contributed by atoms with Gasteiger partial charge in [-0.15, -0.1) is 11.3 Å². The normalized spacial score (nSPS) is 11.2. The topological polar surface area (TPSA) is 40.7 Å². The molecule has 0 aliphatic rings. The third kappa shape index (κ3) is 2.72. The summed E-state index contributed by atoms with van der Waals surface area (Å²) in [4.78, 5) is 1.21. The van der Waals surface area contributed by atoms with Crippen molar-refractivity contribution < 1.29 is 0 Å². The summed E-state index contributed by atoms with van der Waals surface area (Å²) in [5, 5.41) is 12.6. The molecule has 5 heteroatoms. The Hall–Kier alpha value is -0.650. The zero-order valence-electron chi connectivity index (χ0n) is 9.25. The van der Waals surface area contributed by atoms with Crippen molar-refractivity contribution in [1.82, 2.24) is 15.5 Å². The Morgan fingerprint density at radius 1 is 1.56 bits per heavy atom. The molecule has 0 aliphatic carbocycles. The van der Waals surface area contributed by atoms with E-state index in [9.17, 15) is 0 Å². The van der Waals surface area contributed by atoms with Gasteiger partial charge in [-0.05, 0) is 22.0 Å². The number of thiophene rings is 1. The first-order valence-electron chi connectivity index (χ1n) is 5.17. The van der Waals surface area contributed by atoms with Crippen molar-refractivity contribution in [3.05, 3.63) is 27.7 Å². The Morgan fingerprint density at radius 3 is 3.00 bits per heavy atom. The molecule has 0 fully saturated rings. The first-order valence-corrected chi connectivity index (χ1v) is 6.84. The van der Waals surface area contributed by atoms with Crippen LogP contribution in [-0.2, 0) is 6.54 Å². The van der Waals surface area contributed by atoms with Crippen LogP contribution in [0.2, 0.25) is 0 Å². The van der Waals surface area contributed by atoms with E-state index < -0.39 is 0 Å². The molecule has 0 spiro atoms. The van der Waals surface area contributed by atoms with Crippen molar-refractivity contribution in [2.24, 2.45) is 0 Å². The van der Waals surface area contributed by atoms with Crippen LogP contribution in [0.25, 0.3) is 10.6 Å². The number of nitrogens with one attached hydrogen (secondary N) is 2. The molecular weight excluding hydrogens is 286 g/mol. The maximum atomic E-state index is 4.11. The summed E-state index contributed by atoms with van der Waals surface area (Å²) in [6.45, 7) is 5.13. The number of hydrogen-bond donors (Lipinski definition) is 2. The van der Waals surface area contributed by atoms with Gasteiger partial charge in [-0.2, -0.15) is 5.10 Å². The highest BCUT2D eigenvalue weighted by atomic mass is 79.9. The van der Waals surface area contributed by atoms with E-state index in [2.05, 4.69) is 56.7 Å². The van der Waals surface area contributed by atoms with Gasteiger partial charge in [0.1, 0.15) is 0 Å². The highest BCUT2D eigenvalue weighted by Gasteiger charge is 2.09. The van der Waals surface area contributed by atoms with Crippen molar-refractivity contribution in [2.45, 2.75) is 26.4 Å². The lowest BCUT2D eigenvalue weighted by molar-refractivity contribution is 0.589. The minimum atomic E-state index is 0.484. The molecule has 2 aromatic heterocycles. The average Bonchev–Trinajstić information content (AvgIpc) is 2.82. The Morgan fingerprint density at radius 2 is 2.38 bits per heavy atom. The quantitative estimate of drug-likeness (QED) is 0.908. The van der Waals surface area contributed by atoms with Gasteiger partial charge in [-0.25, -0.2) is 0 Å². The smallest absolute Gasteiger partial charge is 0.0795 e. The van der Waals surface area contributed by atoms with Gasteiger partial charge in [0.2, 0.25) is 0 Å². The molecule has 2 N–H and O–H groups in total. The third-order valence-corrected chi connectivity index (χ3v) is 3.94. The van der Waals surface area contributed by atoms with E-state index >= 15 is 0 Å². The number of aromatic amines is 1. The molecule has 0 saturated carbocycles. The number of halogens is 1. The molecular formula is C11H14BrN3S. The lowest BCUT2D eigenvalue weighted by Crippen LogP contribution is -2.21. The molecule has 0 radical (unpaired) electrons. The fraction of sp³-hybridized carbons (Fsp3) is 0.364. The minimum Gasteiger partial charge on any atom is -0.310 e. The Kier molecular flexibility index (Phi) is 3.78. The summed E-state index contributed by atoms with van der Waals surface area (Å²) in [5.41, 5.74) is 2.33. The van der Waals surface area contributed by atoms with Crippen LogP contribution >= 0.6 is 27.3 Å². The molecule has 2 aromatic rings. The standard InChI is InChI=1S/C11H14BrN3S/c1-7(2)13-4-8-5-14-15-11(8)10-3-9(12)6-16-10/h3,5-7,13H,4H2,1-2H3,(H,14,15). The van der Waals surface area contributed by atoms with E-state index in [1.807, 2.05) is 6.20 Å². The molecule has 0 atom stereocenters. The second-order valence-electron chi connectivity index (χ2n) is 3.94. The van der Waals surface area contributed by atoms with Gasteiger partial charge < -0.3 is 5.32 Å². The predicted molar refractivity (Wildman–Crippen MR) is 71.6 cm³/mol. The monoisotopic (exact) mass is 299 g/mol. The zero-order valence-corrected chi connectivity index (χ0v) is 11.7. The SMILES string of the molecule is CC(C)NCc1cn[nH]c1-c1cc(Br)cs1. The molecule has 0 aromatic carbocycles. The van der Waals surface area contributed by atoms with Crippen LogP contribution in [0.5, 0.6) is 0 Å². The van der Waals surface area contributed by atoms with Gasteiger partial charge in [0, 0.05) is 28.0 Å². The lowest BCUT2D eigenvalue weighted by atomic mass is 10.2.